The molecule has 114 valence electrons. The van der Waals surface area contributed by atoms with Crippen LogP contribution in [0.4, 0.5) is 11.6 Å². The number of anilines is 2. The van der Waals surface area contributed by atoms with Gasteiger partial charge in [0.1, 0.15) is 22.8 Å². The number of aromatic nitrogens is 3. The van der Waals surface area contributed by atoms with Crippen molar-refractivity contribution in [2.45, 2.75) is 6.92 Å². The summed E-state index contributed by atoms with van der Waals surface area (Å²) in [5, 5.41) is 1.10. The van der Waals surface area contributed by atoms with Gasteiger partial charge in [-0.25, -0.2) is 15.0 Å². The molecule has 4 rings (SSSR count). The SMILES string of the molecule is Cc1cc(N2CCN(C)CC2)nc2sc3c(N)ncnc3c12. The first kappa shape index (κ1) is 13.7. The van der Waals surface area contributed by atoms with Crippen molar-refractivity contribution >= 4 is 43.4 Å². The number of piperazine rings is 1. The quantitative estimate of drug-likeness (QED) is 0.739. The maximum atomic E-state index is 5.98. The number of thiophene rings is 1. The molecule has 4 heterocycles. The molecule has 0 amide bonds. The topological polar surface area (TPSA) is 71.2 Å². The van der Waals surface area contributed by atoms with Crippen LogP contribution in [-0.2, 0) is 0 Å². The van der Waals surface area contributed by atoms with Gasteiger partial charge in [-0.2, -0.15) is 0 Å². The van der Waals surface area contributed by atoms with Crippen molar-refractivity contribution in [2.75, 3.05) is 43.9 Å². The maximum Gasteiger partial charge on any atom is 0.144 e. The number of rotatable bonds is 1. The minimum absolute atomic E-state index is 0.536. The van der Waals surface area contributed by atoms with Crippen LogP contribution >= 0.6 is 11.3 Å². The molecule has 0 radical (unpaired) electrons. The highest BCUT2D eigenvalue weighted by Gasteiger charge is 2.19. The molecule has 0 unspecified atom stereocenters. The lowest BCUT2D eigenvalue weighted by atomic mass is 10.1. The second-order valence-electron chi connectivity index (χ2n) is 5.81. The van der Waals surface area contributed by atoms with E-state index in [0.29, 0.717) is 5.82 Å². The molecular weight excluding hydrogens is 296 g/mol. The number of nitrogens with two attached hydrogens (primary N) is 1. The summed E-state index contributed by atoms with van der Waals surface area (Å²) >= 11 is 1.58. The lowest BCUT2D eigenvalue weighted by Crippen LogP contribution is -2.44. The molecule has 3 aromatic rings. The van der Waals surface area contributed by atoms with Crippen LogP contribution in [0, 0.1) is 6.92 Å². The number of hydrogen-bond acceptors (Lipinski definition) is 7. The molecule has 22 heavy (non-hydrogen) atoms. The van der Waals surface area contributed by atoms with Crippen molar-refractivity contribution in [3.05, 3.63) is 18.0 Å². The molecule has 6 nitrogen and oxygen atoms in total. The predicted molar refractivity (Wildman–Crippen MR) is 91.6 cm³/mol. The minimum Gasteiger partial charge on any atom is -0.382 e. The Labute approximate surface area is 132 Å². The lowest BCUT2D eigenvalue weighted by Gasteiger charge is -2.33. The highest BCUT2D eigenvalue weighted by molar-refractivity contribution is 7.26. The smallest absolute Gasteiger partial charge is 0.144 e. The molecule has 1 fully saturated rings. The standard InChI is InChI=1S/C15H18N6S/c1-9-7-10(21-5-3-20(2)4-6-21)19-15-11(9)12-13(22-15)14(16)18-8-17-12/h7-8H,3-6H2,1-2H3,(H2,16,17,18). The van der Waals surface area contributed by atoms with Crippen LogP contribution in [0.2, 0.25) is 0 Å². The summed E-state index contributed by atoms with van der Waals surface area (Å²) in [6, 6.07) is 2.16. The Balaban J connectivity index is 1.86. The number of fused-ring (bicyclic) bond motifs is 3. The first-order valence-electron chi connectivity index (χ1n) is 7.37. The summed E-state index contributed by atoms with van der Waals surface area (Å²) in [6.07, 6.45) is 1.53. The summed E-state index contributed by atoms with van der Waals surface area (Å²) < 4.78 is 0.934. The molecule has 0 bridgehead atoms. The largest absolute Gasteiger partial charge is 0.382 e. The minimum atomic E-state index is 0.536. The van der Waals surface area contributed by atoms with E-state index >= 15 is 0 Å². The molecule has 0 saturated carbocycles. The van der Waals surface area contributed by atoms with E-state index in [-0.39, 0.29) is 0 Å². The Kier molecular flexibility index (Phi) is 3.12. The summed E-state index contributed by atoms with van der Waals surface area (Å²) in [5.41, 5.74) is 8.10. The fourth-order valence-corrected chi connectivity index (χ4v) is 4.05. The van der Waals surface area contributed by atoms with Crippen LogP contribution in [0.3, 0.4) is 0 Å². The van der Waals surface area contributed by atoms with Crippen molar-refractivity contribution in [3.63, 3.8) is 0 Å². The first-order valence-corrected chi connectivity index (χ1v) is 8.19. The van der Waals surface area contributed by atoms with Crippen molar-refractivity contribution in [1.29, 1.82) is 0 Å². The second kappa shape index (κ2) is 5.03. The van der Waals surface area contributed by atoms with Crippen LogP contribution in [0.25, 0.3) is 20.4 Å². The van der Waals surface area contributed by atoms with Gasteiger partial charge in [0.15, 0.2) is 0 Å². The normalized spacial score (nSPS) is 16.7. The molecule has 0 atom stereocenters. The zero-order valence-corrected chi connectivity index (χ0v) is 13.5. The number of nitrogens with zero attached hydrogens (tertiary/aromatic N) is 5. The van der Waals surface area contributed by atoms with E-state index in [1.54, 1.807) is 11.3 Å². The maximum absolute atomic E-state index is 5.98. The molecule has 1 saturated heterocycles. The number of nitrogen functional groups attached to an aromatic ring is 1. The van der Waals surface area contributed by atoms with Crippen LogP contribution < -0.4 is 10.6 Å². The molecule has 0 spiro atoms. The summed E-state index contributed by atoms with van der Waals surface area (Å²) in [4.78, 5) is 19.0. The van der Waals surface area contributed by atoms with E-state index < -0.39 is 0 Å². The lowest BCUT2D eigenvalue weighted by molar-refractivity contribution is 0.312. The molecule has 7 heteroatoms. The van der Waals surface area contributed by atoms with Gasteiger partial charge < -0.3 is 15.5 Å². The summed E-state index contributed by atoms with van der Waals surface area (Å²) in [5.74, 6) is 1.59. The first-order chi connectivity index (χ1) is 10.6. The average Bonchev–Trinajstić information content (AvgIpc) is 2.88. The average molecular weight is 314 g/mol. The fraction of sp³-hybridized carbons (Fsp3) is 0.400. The third-order valence-corrected chi connectivity index (χ3v) is 5.36. The number of likely N-dealkylation sites (N-methyl/N-ethyl adjacent to an activating group) is 1. The number of hydrogen-bond donors (Lipinski definition) is 1. The van der Waals surface area contributed by atoms with E-state index in [1.165, 1.54) is 11.9 Å². The van der Waals surface area contributed by atoms with Gasteiger partial charge >= 0.3 is 0 Å². The van der Waals surface area contributed by atoms with Gasteiger partial charge in [0.05, 0.1) is 10.2 Å². The number of aryl methyl sites for hydroxylation is 1. The van der Waals surface area contributed by atoms with Gasteiger partial charge in [0, 0.05) is 31.6 Å². The Bertz CT molecular complexity index is 850. The zero-order chi connectivity index (χ0) is 15.3. The van der Waals surface area contributed by atoms with E-state index in [1.807, 2.05) is 0 Å². The van der Waals surface area contributed by atoms with Crippen LogP contribution in [-0.4, -0.2) is 53.1 Å². The van der Waals surface area contributed by atoms with Gasteiger partial charge in [0.25, 0.3) is 0 Å². The van der Waals surface area contributed by atoms with Crippen molar-refractivity contribution in [2.24, 2.45) is 0 Å². The van der Waals surface area contributed by atoms with Crippen LogP contribution in [0.1, 0.15) is 5.56 Å². The molecule has 0 aromatic carbocycles. The van der Waals surface area contributed by atoms with E-state index in [9.17, 15) is 0 Å². The van der Waals surface area contributed by atoms with Gasteiger partial charge in [-0.15, -0.1) is 11.3 Å². The summed E-state index contributed by atoms with van der Waals surface area (Å²) in [6.45, 7) is 6.30. The Hall–Kier alpha value is -1.99. The van der Waals surface area contributed by atoms with Crippen molar-refractivity contribution < 1.29 is 0 Å². The molecule has 2 N–H and O–H groups in total. The third kappa shape index (κ3) is 2.08. The molecule has 1 aliphatic heterocycles. The Morgan fingerprint density at radius 1 is 1.18 bits per heavy atom. The second-order valence-corrected chi connectivity index (χ2v) is 6.81. The van der Waals surface area contributed by atoms with E-state index in [0.717, 1.165) is 52.4 Å². The highest BCUT2D eigenvalue weighted by atomic mass is 32.1. The van der Waals surface area contributed by atoms with Crippen LogP contribution in [0.5, 0.6) is 0 Å². The number of pyridine rings is 1. The highest BCUT2D eigenvalue weighted by Crippen LogP contribution is 2.37. The molecule has 1 aliphatic rings. The zero-order valence-electron chi connectivity index (χ0n) is 12.7. The molecule has 0 aliphatic carbocycles. The van der Waals surface area contributed by atoms with Crippen molar-refractivity contribution in [1.82, 2.24) is 19.9 Å². The van der Waals surface area contributed by atoms with Gasteiger partial charge in [0.2, 0.25) is 0 Å². The molecular formula is C15H18N6S. The Morgan fingerprint density at radius 3 is 2.73 bits per heavy atom. The van der Waals surface area contributed by atoms with E-state index in [4.69, 9.17) is 10.7 Å². The third-order valence-electron chi connectivity index (χ3n) is 4.26. The Morgan fingerprint density at radius 2 is 1.95 bits per heavy atom. The van der Waals surface area contributed by atoms with Gasteiger partial charge in [-0.1, -0.05) is 0 Å². The fourth-order valence-electron chi connectivity index (χ4n) is 2.95. The van der Waals surface area contributed by atoms with Crippen molar-refractivity contribution in [3.8, 4) is 0 Å². The molecule has 3 aromatic heterocycles. The van der Waals surface area contributed by atoms with Crippen LogP contribution in [0.15, 0.2) is 12.4 Å². The van der Waals surface area contributed by atoms with E-state index in [2.05, 4.69) is 39.8 Å². The van der Waals surface area contributed by atoms with Gasteiger partial charge in [-0.05, 0) is 25.6 Å². The predicted octanol–water partition coefficient (Wildman–Crippen LogP) is 1.88. The monoisotopic (exact) mass is 314 g/mol. The summed E-state index contributed by atoms with van der Waals surface area (Å²) in [7, 11) is 2.16. The van der Waals surface area contributed by atoms with Gasteiger partial charge in [-0.3, -0.25) is 0 Å².